The fraction of sp³-hybridized carbons (Fsp3) is 0.667. The largest absolute Gasteiger partial charge is 0.376 e. The first kappa shape index (κ1) is 10.9. The van der Waals surface area contributed by atoms with E-state index in [2.05, 4.69) is 0 Å². The Morgan fingerprint density at radius 2 is 1.50 bits per heavy atom. The Morgan fingerprint density at radius 3 is 1.67 bits per heavy atom. The number of amides is 2. The number of carbonyl (C=O) groups excluding carboxylic acids is 2. The monoisotopic (exact) mass is 176 g/mol. The second-order valence-electron chi connectivity index (χ2n) is 2.09. The van der Waals surface area contributed by atoms with E-state index in [-0.39, 0.29) is 19.5 Å². The molecular formula is C6H12N2O4. The van der Waals surface area contributed by atoms with Gasteiger partial charge in [-0.05, 0) is 0 Å². The van der Waals surface area contributed by atoms with Gasteiger partial charge in [0.25, 0.3) is 0 Å². The summed E-state index contributed by atoms with van der Waals surface area (Å²) in [5.74, 6) is 0. The minimum atomic E-state index is -0.301. The molecule has 0 unspecified atom stereocenters. The zero-order valence-electron chi connectivity index (χ0n) is 6.64. The van der Waals surface area contributed by atoms with Gasteiger partial charge in [0.1, 0.15) is 20.3 Å². The summed E-state index contributed by atoms with van der Waals surface area (Å²) in [7, 11) is 0. The quantitative estimate of drug-likeness (QED) is 0.533. The Morgan fingerprint density at radius 1 is 1.17 bits per heavy atom. The zero-order chi connectivity index (χ0) is 9.56. The molecule has 1 heterocycles. The molecule has 0 aromatic carbocycles. The van der Waals surface area contributed by atoms with Crippen molar-refractivity contribution in [1.29, 1.82) is 0 Å². The molecule has 6 nitrogen and oxygen atoms in total. The fourth-order valence-electron chi connectivity index (χ4n) is 0.895. The molecule has 1 aliphatic rings. The first-order valence-electron chi connectivity index (χ1n) is 3.34. The first-order chi connectivity index (χ1) is 5.79. The van der Waals surface area contributed by atoms with Crippen LogP contribution >= 0.6 is 0 Å². The van der Waals surface area contributed by atoms with Gasteiger partial charge < -0.3 is 15.0 Å². The van der Waals surface area contributed by atoms with Gasteiger partial charge >= 0.3 is 6.03 Å². The first-order valence-corrected chi connectivity index (χ1v) is 3.34. The molecule has 1 aliphatic heterocycles. The number of hydrogen-bond acceptors (Lipinski definition) is 4. The van der Waals surface area contributed by atoms with Crippen LogP contribution in [0.4, 0.5) is 4.79 Å². The molecule has 2 amide bonds. The number of nitrogens with zero attached hydrogens (tertiary/aromatic N) is 2. The second kappa shape index (κ2) is 5.50. The highest BCUT2D eigenvalue weighted by molar-refractivity contribution is 5.76. The van der Waals surface area contributed by atoms with Crippen molar-refractivity contribution in [2.24, 2.45) is 0 Å². The Balaban J connectivity index is 0.000000561. The summed E-state index contributed by atoms with van der Waals surface area (Å²) < 4.78 is 0. The summed E-state index contributed by atoms with van der Waals surface area (Å²) in [5.41, 5.74) is 0. The Kier molecular flexibility index (Phi) is 4.98. The molecule has 0 spiro atoms. The highest BCUT2D eigenvalue weighted by atomic mass is 16.3. The average molecular weight is 176 g/mol. The molecule has 0 atom stereocenters. The highest BCUT2D eigenvalue weighted by Gasteiger charge is 2.26. The van der Waals surface area contributed by atoms with Crippen molar-refractivity contribution in [3.05, 3.63) is 0 Å². The minimum absolute atomic E-state index is 0.269. The summed E-state index contributed by atoms with van der Waals surface area (Å²) in [6.07, 6.45) is 0. The summed E-state index contributed by atoms with van der Waals surface area (Å²) in [6, 6.07) is -0.301. The van der Waals surface area contributed by atoms with Crippen molar-refractivity contribution >= 4 is 12.8 Å². The predicted octanol–water partition coefficient (Wildman–Crippen LogP) is -1.56. The van der Waals surface area contributed by atoms with Gasteiger partial charge in [-0.2, -0.15) is 0 Å². The lowest BCUT2D eigenvalue weighted by atomic mass is 10.6. The lowest BCUT2D eigenvalue weighted by Crippen LogP contribution is -2.32. The third kappa shape index (κ3) is 2.18. The van der Waals surface area contributed by atoms with E-state index in [1.165, 1.54) is 9.80 Å². The van der Waals surface area contributed by atoms with Crippen LogP contribution in [0.2, 0.25) is 0 Å². The number of hydrogen-bond donors (Lipinski definition) is 2. The van der Waals surface area contributed by atoms with E-state index in [1.807, 2.05) is 6.79 Å². The van der Waals surface area contributed by atoms with E-state index in [1.54, 1.807) is 0 Å². The van der Waals surface area contributed by atoms with Crippen molar-refractivity contribution in [3.63, 3.8) is 0 Å². The van der Waals surface area contributed by atoms with Gasteiger partial charge in [-0.15, -0.1) is 0 Å². The van der Waals surface area contributed by atoms with E-state index in [9.17, 15) is 4.79 Å². The molecule has 12 heavy (non-hydrogen) atoms. The Hall–Kier alpha value is -1.14. The van der Waals surface area contributed by atoms with Gasteiger partial charge in [-0.25, -0.2) is 4.79 Å². The van der Waals surface area contributed by atoms with Crippen LogP contribution in [-0.4, -0.2) is 59.4 Å². The van der Waals surface area contributed by atoms with E-state index < -0.39 is 0 Å². The molecule has 1 fully saturated rings. The summed E-state index contributed by atoms with van der Waals surface area (Å²) in [5, 5.41) is 17.1. The van der Waals surface area contributed by atoms with Gasteiger partial charge in [-0.3, -0.25) is 9.80 Å². The maximum absolute atomic E-state index is 10.9. The molecule has 1 rings (SSSR count). The molecule has 0 radical (unpaired) electrons. The van der Waals surface area contributed by atoms with Crippen LogP contribution in [0.15, 0.2) is 0 Å². The topological polar surface area (TPSA) is 81.1 Å². The smallest absolute Gasteiger partial charge is 0.323 e. The lowest BCUT2D eigenvalue weighted by Gasteiger charge is -2.13. The van der Waals surface area contributed by atoms with Crippen LogP contribution in [-0.2, 0) is 4.79 Å². The van der Waals surface area contributed by atoms with Crippen LogP contribution < -0.4 is 0 Å². The predicted molar refractivity (Wildman–Crippen MR) is 40.1 cm³/mol. The zero-order valence-corrected chi connectivity index (χ0v) is 6.64. The van der Waals surface area contributed by atoms with Crippen molar-refractivity contribution < 1.29 is 19.8 Å². The van der Waals surface area contributed by atoms with Crippen molar-refractivity contribution in [1.82, 2.24) is 9.80 Å². The van der Waals surface area contributed by atoms with Gasteiger partial charge in [0.05, 0.1) is 0 Å². The number of aliphatic hydroxyl groups excluding tert-OH is 2. The Labute approximate surface area is 70.0 Å². The van der Waals surface area contributed by atoms with Crippen LogP contribution in [0.3, 0.4) is 0 Å². The molecule has 0 aliphatic carbocycles. The summed E-state index contributed by atoms with van der Waals surface area (Å²) in [6.45, 7) is 2.45. The van der Waals surface area contributed by atoms with Crippen molar-refractivity contribution in [3.8, 4) is 0 Å². The SMILES string of the molecule is C=O.O=C1N(CO)CCN1CO. The molecule has 0 aromatic heterocycles. The van der Waals surface area contributed by atoms with Crippen LogP contribution in [0.1, 0.15) is 0 Å². The van der Waals surface area contributed by atoms with E-state index in [0.29, 0.717) is 13.1 Å². The fourth-order valence-corrected chi connectivity index (χ4v) is 0.895. The van der Waals surface area contributed by atoms with Gasteiger partial charge in [0.2, 0.25) is 0 Å². The van der Waals surface area contributed by atoms with Gasteiger partial charge in [-0.1, -0.05) is 0 Å². The van der Waals surface area contributed by atoms with Crippen LogP contribution in [0, 0.1) is 0 Å². The number of aliphatic hydroxyl groups is 2. The molecule has 0 saturated carbocycles. The standard InChI is InChI=1S/C5H10N2O3.CH2O/c8-3-6-1-2-7(4-9)5(6)10;1-2/h8-9H,1-4H2;1H2. The van der Waals surface area contributed by atoms with Gasteiger partial charge in [0, 0.05) is 13.1 Å². The third-order valence-electron chi connectivity index (χ3n) is 1.52. The number of rotatable bonds is 2. The van der Waals surface area contributed by atoms with E-state index in [4.69, 9.17) is 15.0 Å². The molecule has 0 aromatic rings. The summed E-state index contributed by atoms with van der Waals surface area (Å²) >= 11 is 0. The average Bonchev–Trinajstić information content (AvgIpc) is 2.49. The maximum Gasteiger partial charge on any atom is 0.323 e. The molecule has 0 bridgehead atoms. The highest BCUT2D eigenvalue weighted by Crippen LogP contribution is 2.04. The lowest BCUT2D eigenvalue weighted by molar-refractivity contribution is -0.0979. The molecule has 6 heteroatoms. The second-order valence-corrected chi connectivity index (χ2v) is 2.09. The van der Waals surface area contributed by atoms with Gasteiger partial charge in [0.15, 0.2) is 0 Å². The normalized spacial score (nSPS) is 16.0. The van der Waals surface area contributed by atoms with Crippen molar-refractivity contribution in [2.45, 2.75) is 0 Å². The minimum Gasteiger partial charge on any atom is -0.376 e. The summed E-state index contributed by atoms with van der Waals surface area (Å²) in [4.78, 5) is 21.4. The number of urea groups is 1. The van der Waals surface area contributed by atoms with Crippen molar-refractivity contribution in [2.75, 3.05) is 26.6 Å². The van der Waals surface area contributed by atoms with Crippen LogP contribution in [0.25, 0.3) is 0 Å². The molecule has 70 valence electrons. The molecule has 1 saturated heterocycles. The van der Waals surface area contributed by atoms with Crippen LogP contribution in [0.5, 0.6) is 0 Å². The Bertz CT molecular complexity index is 138. The van der Waals surface area contributed by atoms with E-state index in [0.717, 1.165) is 0 Å². The molecule has 2 N–H and O–H groups in total. The number of carbonyl (C=O) groups is 2. The molecular weight excluding hydrogens is 164 g/mol. The third-order valence-corrected chi connectivity index (χ3v) is 1.52. The maximum atomic E-state index is 10.9. The van der Waals surface area contributed by atoms with E-state index >= 15 is 0 Å².